The van der Waals surface area contributed by atoms with E-state index < -0.39 is 0 Å². The van der Waals surface area contributed by atoms with Gasteiger partial charge >= 0.3 is 0 Å². The van der Waals surface area contributed by atoms with Crippen LogP contribution in [-0.4, -0.2) is 17.5 Å². The summed E-state index contributed by atoms with van der Waals surface area (Å²) in [4.78, 5) is 4.82. The number of rotatable bonds is 1. The highest BCUT2D eigenvalue weighted by Gasteiger charge is 2.34. The molecule has 2 aliphatic rings. The minimum absolute atomic E-state index is 0.511. The summed E-state index contributed by atoms with van der Waals surface area (Å²) in [6.07, 6.45) is 6.97. The van der Waals surface area contributed by atoms with Gasteiger partial charge in [-0.1, -0.05) is 37.1 Å². The Morgan fingerprint density at radius 1 is 1.10 bits per heavy atom. The largest absolute Gasteiger partial charge is 0.335 e. The van der Waals surface area contributed by atoms with Gasteiger partial charge < -0.3 is 5.32 Å². The van der Waals surface area contributed by atoms with Crippen molar-refractivity contribution in [3.05, 3.63) is 29.3 Å². The summed E-state index contributed by atoms with van der Waals surface area (Å²) in [7, 11) is 0. The van der Waals surface area contributed by atoms with E-state index >= 15 is 0 Å². The quantitative estimate of drug-likeness (QED) is 0.805. The minimum atomic E-state index is 0.511. The summed E-state index contributed by atoms with van der Waals surface area (Å²) in [6.45, 7) is 5.33. The molecule has 0 saturated heterocycles. The molecule has 0 unspecified atom stereocenters. The van der Waals surface area contributed by atoms with Crippen LogP contribution < -0.4 is 5.32 Å². The Bertz CT molecular complexity index is 516. The van der Waals surface area contributed by atoms with Crippen LogP contribution in [0.3, 0.4) is 0 Å². The normalized spacial score (nSPS) is 21.6. The smallest absolute Gasteiger partial charge is 0.161 e. The van der Waals surface area contributed by atoms with Gasteiger partial charge in [0.25, 0.3) is 0 Å². The standard InChI is InChI=1S/C17H24N2S/c1-13-6-7-15(10-14(13)2)19-16-18-11-17(12-20-16)8-4-3-5-9-17/h6-7,10H,3-5,8-9,11-12H2,1-2H3,(H,18,19). The molecule has 108 valence electrons. The Morgan fingerprint density at radius 3 is 2.55 bits per heavy atom. The lowest BCUT2D eigenvalue weighted by Crippen LogP contribution is -2.35. The molecule has 1 aromatic rings. The fraction of sp³-hybridized carbons (Fsp3) is 0.588. The lowest BCUT2D eigenvalue weighted by molar-refractivity contribution is 0.232. The molecule has 20 heavy (non-hydrogen) atoms. The molecular formula is C17H24N2S. The molecular weight excluding hydrogens is 264 g/mol. The van der Waals surface area contributed by atoms with E-state index in [1.807, 2.05) is 11.8 Å². The van der Waals surface area contributed by atoms with Crippen LogP contribution in [0.2, 0.25) is 0 Å². The molecule has 1 aliphatic carbocycles. The summed E-state index contributed by atoms with van der Waals surface area (Å²) >= 11 is 1.91. The number of anilines is 1. The monoisotopic (exact) mass is 288 g/mol. The predicted molar refractivity (Wildman–Crippen MR) is 89.8 cm³/mol. The molecule has 0 radical (unpaired) electrons. The van der Waals surface area contributed by atoms with Crippen LogP contribution in [0, 0.1) is 19.3 Å². The Balaban J connectivity index is 1.65. The van der Waals surface area contributed by atoms with Gasteiger partial charge in [0, 0.05) is 18.0 Å². The Labute approximate surface area is 126 Å². The van der Waals surface area contributed by atoms with Crippen molar-refractivity contribution in [1.82, 2.24) is 0 Å². The second-order valence-electron chi connectivity index (χ2n) is 6.39. The number of hydrogen-bond acceptors (Lipinski definition) is 3. The van der Waals surface area contributed by atoms with E-state index in [2.05, 4.69) is 37.4 Å². The number of thioether (sulfide) groups is 1. The van der Waals surface area contributed by atoms with Gasteiger partial charge in [0.2, 0.25) is 0 Å². The minimum Gasteiger partial charge on any atom is -0.335 e. The third kappa shape index (κ3) is 3.03. The van der Waals surface area contributed by atoms with Crippen LogP contribution >= 0.6 is 11.8 Å². The second kappa shape index (κ2) is 5.80. The second-order valence-corrected chi connectivity index (χ2v) is 7.36. The molecule has 3 rings (SSSR count). The predicted octanol–water partition coefficient (Wildman–Crippen LogP) is 4.77. The maximum Gasteiger partial charge on any atom is 0.161 e. The Morgan fingerprint density at radius 2 is 1.90 bits per heavy atom. The van der Waals surface area contributed by atoms with E-state index in [-0.39, 0.29) is 0 Å². The summed E-state index contributed by atoms with van der Waals surface area (Å²) in [5, 5.41) is 4.59. The van der Waals surface area contributed by atoms with Crippen LogP contribution in [-0.2, 0) is 0 Å². The molecule has 1 heterocycles. The molecule has 0 atom stereocenters. The molecule has 1 aromatic carbocycles. The first-order valence-corrected chi connectivity index (χ1v) is 8.67. The van der Waals surface area contributed by atoms with E-state index in [1.54, 1.807) is 0 Å². The van der Waals surface area contributed by atoms with Crippen LogP contribution in [0.25, 0.3) is 0 Å². The lowest BCUT2D eigenvalue weighted by atomic mass is 9.75. The van der Waals surface area contributed by atoms with Crippen molar-refractivity contribution >= 4 is 22.6 Å². The van der Waals surface area contributed by atoms with Crippen molar-refractivity contribution < 1.29 is 0 Å². The maximum absolute atomic E-state index is 4.82. The lowest BCUT2D eigenvalue weighted by Gasteiger charge is -2.38. The average molecular weight is 288 g/mol. The number of hydrogen-bond donors (Lipinski definition) is 1. The third-order valence-electron chi connectivity index (χ3n) is 4.75. The summed E-state index contributed by atoms with van der Waals surface area (Å²) in [5.41, 5.74) is 4.35. The fourth-order valence-electron chi connectivity index (χ4n) is 3.17. The van der Waals surface area contributed by atoms with Gasteiger partial charge in [0.15, 0.2) is 5.17 Å². The van der Waals surface area contributed by atoms with Crippen molar-refractivity contribution in [3.8, 4) is 0 Å². The van der Waals surface area contributed by atoms with Gasteiger partial charge in [-0.15, -0.1) is 0 Å². The number of benzene rings is 1. The summed E-state index contributed by atoms with van der Waals surface area (Å²) in [6, 6.07) is 6.54. The highest BCUT2D eigenvalue weighted by Crippen LogP contribution is 2.41. The first-order valence-electron chi connectivity index (χ1n) is 7.68. The van der Waals surface area contributed by atoms with E-state index in [1.165, 1.54) is 54.7 Å². The number of amidine groups is 1. The first-order chi connectivity index (χ1) is 9.67. The third-order valence-corrected chi connectivity index (χ3v) is 6.01. The summed E-state index contributed by atoms with van der Waals surface area (Å²) < 4.78 is 0. The number of nitrogens with one attached hydrogen (secondary N) is 1. The van der Waals surface area contributed by atoms with Crippen LogP contribution in [0.5, 0.6) is 0 Å². The number of aryl methyl sites for hydroxylation is 2. The average Bonchev–Trinajstić information content (AvgIpc) is 2.47. The Kier molecular flexibility index (Phi) is 4.06. The van der Waals surface area contributed by atoms with Gasteiger partial charge in [-0.05, 0) is 55.4 Å². The highest BCUT2D eigenvalue weighted by atomic mass is 32.2. The molecule has 0 aromatic heterocycles. The van der Waals surface area contributed by atoms with Gasteiger partial charge in [0.05, 0.1) is 0 Å². The number of aliphatic imine (C=N–C) groups is 1. The summed E-state index contributed by atoms with van der Waals surface area (Å²) in [5.74, 6) is 1.24. The van der Waals surface area contributed by atoms with Crippen LogP contribution in [0.1, 0.15) is 43.2 Å². The van der Waals surface area contributed by atoms with Gasteiger partial charge in [-0.25, -0.2) is 0 Å². The van der Waals surface area contributed by atoms with E-state index in [4.69, 9.17) is 4.99 Å². The molecule has 2 nitrogen and oxygen atoms in total. The van der Waals surface area contributed by atoms with Gasteiger partial charge in [-0.2, -0.15) is 0 Å². The maximum atomic E-state index is 4.82. The van der Waals surface area contributed by atoms with Crippen LogP contribution in [0.15, 0.2) is 23.2 Å². The van der Waals surface area contributed by atoms with E-state index in [0.29, 0.717) is 5.41 Å². The molecule has 0 amide bonds. The molecule has 3 heteroatoms. The van der Waals surface area contributed by atoms with E-state index in [0.717, 1.165) is 11.7 Å². The van der Waals surface area contributed by atoms with Gasteiger partial charge in [0.1, 0.15) is 0 Å². The molecule has 1 saturated carbocycles. The van der Waals surface area contributed by atoms with E-state index in [9.17, 15) is 0 Å². The molecule has 1 spiro atoms. The first kappa shape index (κ1) is 14.0. The topological polar surface area (TPSA) is 24.4 Å². The number of nitrogens with zero attached hydrogens (tertiary/aromatic N) is 1. The zero-order valence-electron chi connectivity index (χ0n) is 12.5. The molecule has 0 bridgehead atoms. The Hall–Kier alpha value is -0.960. The van der Waals surface area contributed by atoms with Crippen molar-refractivity contribution in [1.29, 1.82) is 0 Å². The zero-order chi connectivity index (χ0) is 14.0. The SMILES string of the molecule is Cc1ccc(NC2=NCC3(CCCCC3)CS2)cc1C. The van der Waals surface area contributed by atoms with Crippen LogP contribution in [0.4, 0.5) is 5.69 Å². The molecule has 1 aliphatic heterocycles. The van der Waals surface area contributed by atoms with Crippen molar-refractivity contribution in [3.63, 3.8) is 0 Å². The van der Waals surface area contributed by atoms with Crippen molar-refractivity contribution in [2.24, 2.45) is 10.4 Å². The zero-order valence-corrected chi connectivity index (χ0v) is 13.4. The van der Waals surface area contributed by atoms with Crippen molar-refractivity contribution in [2.75, 3.05) is 17.6 Å². The molecule has 1 N–H and O–H groups in total. The highest BCUT2D eigenvalue weighted by molar-refractivity contribution is 8.14. The van der Waals surface area contributed by atoms with Gasteiger partial charge in [-0.3, -0.25) is 4.99 Å². The fourth-order valence-corrected chi connectivity index (χ4v) is 4.34. The van der Waals surface area contributed by atoms with Crippen molar-refractivity contribution in [2.45, 2.75) is 46.0 Å². The molecule has 1 fully saturated rings.